The normalized spacial score (nSPS) is 29.4. The topological polar surface area (TPSA) is 52.7 Å². The van der Waals surface area contributed by atoms with Crippen molar-refractivity contribution in [3.63, 3.8) is 0 Å². The fraction of sp³-hybridized carbons (Fsp3) is 0.905. The third-order valence-corrected chi connectivity index (χ3v) is 6.87. The summed E-state index contributed by atoms with van der Waals surface area (Å²) in [6.45, 7) is 9.69. The van der Waals surface area contributed by atoms with Crippen LogP contribution in [0.25, 0.3) is 0 Å². The van der Waals surface area contributed by atoms with Crippen molar-refractivity contribution in [1.82, 2.24) is 15.1 Å². The van der Waals surface area contributed by atoms with Crippen LogP contribution in [0.2, 0.25) is 0 Å². The van der Waals surface area contributed by atoms with Crippen LogP contribution in [0.5, 0.6) is 0 Å². The fourth-order valence-electron chi connectivity index (χ4n) is 5.01. The van der Waals surface area contributed by atoms with Crippen LogP contribution >= 0.6 is 0 Å². The first-order valence-corrected chi connectivity index (χ1v) is 10.7. The van der Waals surface area contributed by atoms with Crippen molar-refractivity contribution in [1.29, 1.82) is 0 Å². The molecule has 3 fully saturated rings. The molecule has 0 aromatic rings. The number of rotatable bonds is 5. The van der Waals surface area contributed by atoms with E-state index in [-0.39, 0.29) is 30.7 Å². The Kier molecular flexibility index (Phi) is 6.04. The van der Waals surface area contributed by atoms with E-state index in [2.05, 4.69) is 24.1 Å². The number of hydrogen-bond acceptors (Lipinski definition) is 3. The van der Waals surface area contributed by atoms with Crippen molar-refractivity contribution < 1.29 is 18.4 Å². The number of piperidine rings is 1. The molecule has 1 saturated carbocycles. The Balaban J connectivity index is 1.48. The smallest absolute Gasteiger partial charge is 0.285 e. The van der Waals surface area contributed by atoms with Crippen LogP contribution in [0.1, 0.15) is 59.8 Å². The fourth-order valence-corrected chi connectivity index (χ4v) is 5.01. The van der Waals surface area contributed by atoms with Gasteiger partial charge in [0.2, 0.25) is 11.8 Å². The molecule has 1 N–H and O–H groups in total. The lowest BCUT2D eigenvalue weighted by atomic mass is 9.76. The number of likely N-dealkylation sites (tertiary alicyclic amines) is 2. The summed E-state index contributed by atoms with van der Waals surface area (Å²) in [4.78, 5) is 28.2. The van der Waals surface area contributed by atoms with Crippen molar-refractivity contribution in [2.45, 2.75) is 77.8 Å². The molecule has 7 heteroatoms. The molecule has 5 nitrogen and oxygen atoms in total. The highest BCUT2D eigenvalue weighted by Crippen LogP contribution is 2.49. The van der Waals surface area contributed by atoms with Crippen LogP contribution in [-0.4, -0.2) is 65.8 Å². The van der Waals surface area contributed by atoms with Gasteiger partial charge in [0.25, 0.3) is 5.92 Å². The molecule has 2 unspecified atom stereocenters. The van der Waals surface area contributed by atoms with E-state index in [1.165, 1.54) is 4.90 Å². The zero-order chi connectivity index (χ0) is 20.7. The minimum Gasteiger partial charge on any atom is -0.347 e. The standard InChI is InChI=1S/C21H35F2N3O2/c1-14(2)19(28)24-17-6-8-25(13-21(17,22)23)18(27)9-16-5-7-20(10-16)11-26(12-20)15(3)4/h14-17H,5-13H2,1-4H3,(H,24,28). The third-order valence-electron chi connectivity index (χ3n) is 6.87. The van der Waals surface area contributed by atoms with Gasteiger partial charge in [0.1, 0.15) is 0 Å². The van der Waals surface area contributed by atoms with Crippen LogP contribution in [0.3, 0.4) is 0 Å². The molecule has 2 atom stereocenters. The number of alkyl halides is 2. The first kappa shape index (κ1) is 21.5. The van der Waals surface area contributed by atoms with Gasteiger partial charge >= 0.3 is 0 Å². The number of carbonyl (C=O) groups excluding carboxylic acids is 2. The van der Waals surface area contributed by atoms with Crippen molar-refractivity contribution in [2.24, 2.45) is 17.3 Å². The first-order valence-electron chi connectivity index (χ1n) is 10.7. The molecule has 2 aliphatic heterocycles. The van der Waals surface area contributed by atoms with Crippen LogP contribution < -0.4 is 5.32 Å². The monoisotopic (exact) mass is 399 g/mol. The number of hydrogen-bond donors (Lipinski definition) is 1. The summed E-state index contributed by atoms with van der Waals surface area (Å²) in [5.41, 5.74) is 0.354. The predicted octanol–water partition coefficient (Wildman–Crippen LogP) is 2.90. The Morgan fingerprint density at radius 1 is 1.11 bits per heavy atom. The van der Waals surface area contributed by atoms with Gasteiger partial charge in [-0.2, -0.15) is 0 Å². The van der Waals surface area contributed by atoms with Crippen molar-refractivity contribution in [3.8, 4) is 0 Å². The molecule has 2 heterocycles. The maximum atomic E-state index is 14.5. The summed E-state index contributed by atoms with van der Waals surface area (Å²) in [5, 5.41) is 2.45. The highest BCUT2D eigenvalue weighted by atomic mass is 19.3. The molecule has 1 aliphatic carbocycles. The molecule has 0 aromatic carbocycles. The number of carbonyl (C=O) groups is 2. The summed E-state index contributed by atoms with van der Waals surface area (Å²) in [7, 11) is 0. The largest absolute Gasteiger partial charge is 0.347 e. The summed E-state index contributed by atoms with van der Waals surface area (Å²) < 4.78 is 29.0. The van der Waals surface area contributed by atoms with Crippen LogP contribution in [0.4, 0.5) is 8.78 Å². The Bertz CT molecular complexity index is 602. The van der Waals surface area contributed by atoms with E-state index < -0.39 is 18.5 Å². The van der Waals surface area contributed by atoms with E-state index in [9.17, 15) is 18.4 Å². The van der Waals surface area contributed by atoms with Gasteiger partial charge in [0.05, 0.1) is 12.6 Å². The molecule has 0 radical (unpaired) electrons. The summed E-state index contributed by atoms with van der Waals surface area (Å²) in [5.74, 6) is -3.62. The second-order valence-corrected chi connectivity index (χ2v) is 9.89. The zero-order valence-corrected chi connectivity index (χ0v) is 17.6. The minimum absolute atomic E-state index is 0.106. The van der Waals surface area contributed by atoms with E-state index >= 15 is 0 Å². The molecule has 3 rings (SSSR count). The number of amides is 2. The van der Waals surface area contributed by atoms with Gasteiger partial charge in [-0.25, -0.2) is 8.78 Å². The van der Waals surface area contributed by atoms with E-state index in [1.54, 1.807) is 13.8 Å². The average molecular weight is 400 g/mol. The van der Waals surface area contributed by atoms with E-state index in [0.717, 1.165) is 32.4 Å². The highest BCUT2D eigenvalue weighted by Gasteiger charge is 2.50. The highest BCUT2D eigenvalue weighted by molar-refractivity contribution is 5.79. The van der Waals surface area contributed by atoms with Crippen LogP contribution in [-0.2, 0) is 9.59 Å². The number of halogens is 2. The summed E-state index contributed by atoms with van der Waals surface area (Å²) in [6.07, 6.45) is 3.69. The van der Waals surface area contributed by atoms with Crippen molar-refractivity contribution in [2.75, 3.05) is 26.2 Å². The van der Waals surface area contributed by atoms with Gasteiger partial charge in [-0.3, -0.25) is 14.5 Å². The SMILES string of the molecule is CC(C)C(=O)NC1CCN(C(=O)CC2CCC3(C2)CN(C(C)C)C3)CC1(F)F. The zero-order valence-electron chi connectivity index (χ0n) is 17.6. The molecular formula is C21H35F2N3O2. The van der Waals surface area contributed by atoms with Gasteiger partial charge in [-0.05, 0) is 50.9 Å². The lowest BCUT2D eigenvalue weighted by Gasteiger charge is -2.50. The Morgan fingerprint density at radius 3 is 2.36 bits per heavy atom. The molecule has 1 spiro atoms. The lowest BCUT2D eigenvalue weighted by Crippen LogP contribution is -2.60. The molecule has 0 bridgehead atoms. The van der Waals surface area contributed by atoms with Gasteiger partial charge < -0.3 is 10.2 Å². The van der Waals surface area contributed by atoms with Gasteiger partial charge in [-0.1, -0.05) is 13.8 Å². The molecule has 28 heavy (non-hydrogen) atoms. The Labute approximate surface area is 167 Å². The van der Waals surface area contributed by atoms with E-state index in [1.807, 2.05) is 0 Å². The maximum absolute atomic E-state index is 14.5. The lowest BCUT2D eigenvalue weighted by molar-refractivity contribution is -0.148. The molecule has 160 valence electrons. The van der Waals surface area contributed by atoms with Crippen LogP contribution in [0.15, 0.2) is 0 Å². The van der Waals surface area contributed by atoms with Crippen molar-refractivity contribution in [3.05, 3.63) is 0 Å². The van der Waals surface area contributed by atoms with E-state index in [4.69, 9.17) is 0 Å². The Morgan fingerprint density at radius 2 is 1.79 bits per heavy atom. The molecule has 2 amide bonds. The second kappa shape index (κ2) is 7.88. The minimum atomic E-state index is -3.08. The van der Waals surface area contributed by atoms with Crippen molar-refractivity contribution >= 4 is 11.8 Å². The summed E-state index contributed by atoms with van der Waals surface area (Å²) >= 11 is 0. The predicted molar refractivity (Wildman–Crippen MR) is 104 cm³/mol. The molecular weight excluding hydrogens is 364 g/mol. The number of nitrogens with one attached hydrogen (secondary N) is 1. The third kappa shape index (κ3) is 4.50. The number of nitrogens with zero attached hydrogens (tertiary/aromatic N) is 2. The first-order chi connectivity index (χ1) is 13.0. The quantitative estimate of drug-likeness (QED) is 0.773. The molecule has 3 aliphatic rings. The maximum Gasteiger partial charge on any atom is 0.285 e. The second-order valence-electron chi connectivity index (χ2n) is 9.89. The molecule has 0 aromatic heterocycles. The van der Waals surface area contributed by atoms with Crippen LogP contribution in [0, 0.1) is 17.3 Å². The van der Waals surface area contributed by atoms with E-state index in [0.29, 0.717) is 23.8 Å². The summed E-state index contributed by atoms with van der Waals surface area (Å²) in [6, 6.07) is -0.621. The van der Waals surface area contributed by atoms with Gasteiger partial charge in [0.15, 0.2) is 0 Å². The molecule has 2 saturated heterocycles. The Hall–Kier alpha value is -1.24. The average Bonchev–Trinajstić information content (AvgIpc) is 2.98. The van der Waals surface area contributed by atoms with Gasteiger partial charge in [0, 0.05) is 38.0 Å². The van der Waals surface area contributed by atoms with Gasteiger partial charge in [-0.15, -0.1) is 0 Å².